The van der Waals surface area contributed by atoms with Crippen molar-refractivity contribution in [3.8, 4) is 5.82 Å². The Morgan fingerprint density at radius 2 is 2.38 bits per heavy atom. The summed E-state index contributed by atoms with van der Waals surface area (Å²) >= 11 is 0. The number of ether oxygens (including phenoxy) is 1. The summed E-state index contributed by atoms with van der Waals surface area (Å²) in [5.41, 5.74) is 0.146. The lowest BCUT2D eigenvalue weighted by atomic mass is 10.5. The van der Waals surface area contributed by atoms with Crippen LogP contribution >= 0.6 is 0 Å². The molecule has 0 aromatic carbocycles. The van der Waals surface area contributed by atoms with Crippen LogP contribution in [0.15, 0.2) is 24.5 Å². The van der Waals surface area contributed by atoms with Gasteiger partial charge in [-0.05, 0) is 19.1 Å². The Balaban J connectivity index is 2.23. The molecule has 2 rings (SSSR count). The van der Waals surface area contributed by atoms with Gasteiger partial charge < -0.3 is 4.74 Å². The first-order valence-corrected chi connectivity index (χ1v) is 4.69. The zero-order valence-electron chi connectivity index (χ0n) is 8.57. The maximum atomic E-state index is 11.3. The van der Waals surface area contributed by atoms with E-state index < -0.39 is 5.97 Å². The normalized spacial score (nSPS) is 10.1. The van der Waals surface area contributed by atoms with Crippen LogP contribution < -0.4 is 0 Å². The number of esters is 1. The summed E-state index contributed by atoms with van der Waals surface area (Å²) in [5.74, 6) is -0.0109. The maximum Gasteiger partial charge on any atom is 0.360 e. The van der Waals surface area contributed by atoms with Gasteiger partial charge in [0.15, 0.2) is 11.5 Å². The Kier molecular flexibility index (Phi) is 2.86. The average molecular weight is 219 g/mol. The number of hydrogen-bond acceptors (Lipinski definition) is 6. The van der Waals surface area contributed by atoms with Crippen molar-refractivity contribution in [2.24, 2.45) is 0 Å². The molecule has 0 unspecified atom stereocenters. The van der Waals surface area contributed by atoms with E-state index in [1.165, 1.54) is 10.9 Å². The van der Waals surface area contributed by atoms with Crippen LogP contribution in [0.4, 0.5) is 0 Å². The molecule has 0 aliphatic carbocycles. The molecular weight excluding hydrogens is 210 g/mol. The molecule has 0 atom stereocenters. The van der Waals surface area contributed by atoms with E-state index in [1.54, 1.807) is 25.3 Å². The highest BCUT2D eigenvalue weighted by Gasteiger charge is 2.12. The molecule has 0 saturated heterocycles. The molecule has 7 heteroatoms. The van der Waals surface area contributed by atoms with Crippen LogP contribution in [0.3, 0.4) is 0 Å². The van der Waals surface area contributed by atoms with Gasteiger partial charge >= 0.3 is 5.97 Å². The van der Waals surface area contributed by atoms with Crippen LogP contribution in [0.25, 0.3) is 5.82 Å². The molecule has 0 aliphatic heterocycles. The minimum absolute atomic E-state index is 0.146. The second-order valence-corrected chi connectivity index (χ2v) is 2.85. The molecule has 82 valence electrons. The molecular formula is C9H9N5O2. The van der Waals surface area contributed by atoms with Crippen LogP contribution in [0.5, 0.6) is 0 Å². The highest BCUT2D eigenvalue weighted by Crippen LogP contribution is 2.02. The fourth-order valence-corrected chi connectivity index (χ4v) is 1.09. The number of hydrogen-bond donors (Lipinski definition) is 0. The van der Waals surface area contributed by atoms with E-state index in [4.69, 9.17) is 4.74 Å². The van der Waals surface area contributed by atoms with Gasteiger partial charge in [0.25, 0.3) is 0 Å². The van der Waals surface area contributed by atoms with E-state index in [0.717, 1.165) is 0 Å². The van der Waals surface area contributed by atoms with Gasteiger partial charge in [0.05, 0.1) is 12.8 Å². The van der Waals surface area contributed by atoms with Crippen LogP contribution in [0.2, 0.25) is 0 Å². The minimum Gasteiger partial charge on any atom is -0.461 e. The highest BCUT2D eigenvalue weighted by molar-refractivity contribution is 5.86. The molecule has 2 aromatic rings. The Hall–Kier alpha value is -2.31. The van der Waals surface area contributed by atoms with Crippen molar-refractivity contribution in [1.29, 1.82) is 0 Å². The molecule has 0 bridgehead atoms. The number of aromatic nitrogens is 5. The molecule has 0 saturated carbocycles. The monoisotopic (exact) mass is 219 g/mol. The number of carbonyl (C=O) groups excluding carboxylic acids is 1. The fourth-order valence-electron chi connectivity index (χ4n) is 1.09. The number of carbonyl (C=O) groups is 1. The number of rotatable bonds is 3. The van der Waals surface area contributed by atoms with Crippen LogP contribution in [0.1, 0.15) is 17.4 Å². The average Bonchev–Trinajstić information content (AvgIpc) is 2.80. The largest absolute Gasteiger partial charge is 0.461 e. The van der Waals surface area contributed by atoms with Gasteiger partial charge in [-0.2, -0.15) is 9.78 Å². The van der Waals surface area contributed by atoms with E-state index in [9.17, 15) is 4.79 Å². The molecule has 2 aromatic heterocycles. The van der Waals surface area contributed by atoms with Crippen LogP contribution in [0, 0.1) is 0 Å². The molecule has 0 N–H and O–H groups in total. The summed E-state index contributed by atoms with van der Waals surface area (Å²) in [6.45, 7) is 2.03. The van der Waals surface area contributed by atoms with Crippen LogP contribution in [-0.2, 0) is 4.74 Å². The molecule has 16 heavy (non-hydrogen) atoms. The minimum atomic E-state index is -0.502. The van der Waals surface area contributed by atoms with Crippen molar-refractivity contribution >= 4 is 5.97 Å². The van der Waals surface area contributed by atoms with Gasteiger partial charge in [0.1, 0.15) is 0 Å². The highest BCUT2D eigenvalue weighted by atomic mass is 16.5. The van der Waals surface area contributed by atoms with Crippen molar-refractivity contribution in [3.05, 3.63) is 30.2 Å². The van der Waals surface area contributed by atoms with Gasteiger partial charge in [-0.25, -0.2) is 4.79 Å². The van der Waals surface area contributed by atoms with Gasteiger partial charge in [-0.15, -0.1) is 10.2 Å². The quantitative estimate of drug-likeness (QED) is 0.687. The maximum absolute atomic E-state index is 11.3. The first-order chi connectivity index (χ1) is 7.81. The van der Waals surface area contributed by atoms with Crippen molar-refractivity contribution in [2.75, 3.05) is 6.61 Å². The molecule has 0 fully saturated rings. The summed E-state index contributed by atoms with van der Waals surface area (Å²) in [4.78, 5) is 11.3. The predicted octanol–water partition coefficient (Wildman–Crippen LogP) is 0.234. The van der Waals surface area contributed by atoms with Gasteiger partial charge in [0.2, 0.25) is 0 Å². The van der Waals surface area contributed by atoms with Crippen molar-refractivity contribution in [3.63, 3.8) is 0 Å². The second kappa shape index (κ2) is 4.47. The van der Waals surface area contributed by atoms with Crippen molar-refractivity contribution in [1.82, 2.24) is 25.2 Å². The zero-order valence-corrected chi connectivity index (χ0v) is 8.57. The van der Waals surface area contributed by atoms with Gasteiger partial charge in [0, 0.05) is 6.20 Å². The standard InChI is InChI=1S/C9H9N5O2/c1-2-16-9(15)7-6-14(13-11-7)8-4-3-5-10-12-8/h3-6H,2H2,1H3. The summed E-state index contributed by atoms with van der Waals surface area (Å²) < 4.78 is 6.15. The molecule has 2 heterocycles. The molecule has 0 spiro atoms. The number of nitrogens with zero attached hydrogens (tertiary/aromatic N) is 5. The van der Waals surface area contributed by atoms with E-state index in [1.807, 2.05) is 0 Å². The summed E-state index contributed by atoms with van der Waals surface area (Å²) in [7, 11) is 0. The van der Waals surface area contributed by atoms with E-state index in [-0.39, 0.29) is 5.69 Å². The van der Waals surface area contributed by atoms with Gasteiger partial charge in [-0.3, -0.25) is 0 Å². The first-order valence-electron chi connectivity index (χ1n) is 4.69. The third-order valence-electron chi connectivity index (χ3n) is 1.77. The summed E-state index contributed by atoms with van der Waals surface area (Å²) in [5, 5.41) is 15.0. The van der Waals surface area contributed by atoms with E-state index >= 15 is 0 Å². The zero-order chi connectivity index (χ0) is 11.4. The van der Waals surface area contributed by atoms with Crippen molar-refractivity contribution < 1.29 is 9.53 Å². The Labute approximate surface area is 91.1 Å². The Morgan fingerprint density at radius 1 is 1.50 bits per heavy atom. The van der Waals surface area contributed by atoms with E-state index in [2.05, 4.69) is 20.5 Å². The smallest absolute Gasteiger partial charge is 0.360 e. The van der Waals surface area contributed by atoms with Gasteiger partial charge in [-0.1, -0.05) is 5.21 Å². The molecule has 0 amide bonds. The van der Waals surface area contributed by atoms with E-state index in [0.29, 0.717) is 12.4 Å². The predicted molar refractivity (Wildman–Crippen MR) is 52.9 cm³/mol. The van der Waals surface area contributed by atoms with Crippen molar-refractivity contribution in [2.45, 2.75) is 6.92 Å². The third kappa shape index (κ3) is 2.02. The molecule has 0 aliphatic rings. The lowest BCUT2D eigenvalue weighted by Gasteiger charge is -1.96. The third-order valence-corrected chi connectivity index (χ3v) is 1.77. The molecule has 7 nitrogen and oxygen atoms in total. The lowest BCUT2D eigenvalue weighted by molar-refractivity contribution is 0.0519. The Bertz CT molecular complexity index is 482. The Morgan fingerprint density at radius 3 is 3.06 bits per heavy atom. The SMILES string of the molecule is CCOC(=O)c1cn(-c2cccnn2)nn1. The first kappa shape index (κ1) is 10.2. The summed E-state index contributed by atoms with van der Waals surface area (Å²) in [6.07, 6.45) is 2.99. The topological polar surface area (TPSA) is 82.8 Å². The fraction of sp³-hybridized carbons (Fsp3) is 0.222. The summed E-state index contributed by atoms with van der Waals surface area (Å²) in [6, 6.07) is 3.42. The lowest BCUT2D eigenvalue weighted by Crippen LogP contribution is -2.04. The molecule has 0 radical (unpaired) electrons. The van der Waals surface area contributed by atoms with Crippen LogP contribution in [-0.4, -0.2) is 37.8 Å². The second-order valence-electron chi connectivity index (χ2n) is 2.85.